The Bertz CT molecular complexity index is 285. The van der Waals surface area contributed by atoms with Gasteiger partial charge in [0.25, 0.3) is 0 Å². The maximum absolute atomic E-state index is 5.43. The summed E-state index contributed by atoms with van der Waals surface area (Å²) in [7, 11) is 3.51. The molecule has 2 N–H and O–H groups in total. The van der Waals surface area contributed by atoms with Crippen molar-refractivity contribution in [1.29, 1.82) is 0 Å². The number of aliphatic imine (C=N–C) groups is 1. The van der Waals surface area contributed by atoms with Gasteiger partial charge in [-0.3, -0.25) is 4.99 Å². The van der Waals surface area contributed by atoms with E-state index in [1.54, 1.807) is 7.11 Å². The molecule has 0 aromatic rings. The summed E-state index contributed by atoms with van der Waals surface area (Å²) in [5, 5.41) is 6.72. The molecule has 0 atom stereocenters. The maximum Gasteiger partial charge on any atom is 0.190 e. The molecular weight excluding hydrogens is 405 g/mol. The van der Waals surface area contributed by atoms with E-state index in [0.717, 1.165) is 38.0 Å². The predicted octanol–water partition coefficient (Wildman–Crippen LogP) is 3.18. The van der Waals surface area contributed by atoms with Gasteiger partial charge in [0, 0.05) is 33.9 Å². The van der Waals surface area contributed by atoms with E-state index in [1.807, 2.05) is 7.05 Å². The zero-order valence-corrected chi connectivity index (χ0v) is 17.3. The fourth-order valence-electron chi connectivity index (χ4n) is 2.92. The van der Waals surface area contributed by atoms with Crippen LogP contribution in [0.15, 0.2) is 4.99 Å². The van der Waals surface area contributed by atoms with Gasteiger partial charge >= 0.3 is 0 Å². The van der Waals surface area contributed by atoms with Crippen LogP contribution in [0.25, 0.3) is 0 Å². The van der Waals surface area contributed by atoms with E-state index < -0.39 is 0 Å². The second-order valence-electron chi connectivity index (χ2n) is 6.03. The number of rotatable bonds is 11. The zero-order chi connectivity index (χ0) is 15.9. The number of halogens is 1. The van der Waals surface area contributed by atoms with Crippen molar-refractivity contribution in [3.8, 4) is 0 Å². The van der Waals surface area contributed by atoms with E-state index in [2.05, 4.69) is 15.6 Å². The fourth-order valence-corrected chi connectivity index (χ4v) is 2.92. The smallest absolute Gasteiger partial charge is 0.190 e. The second kappa shape index (κ2) is 16.8. The number of nitrogens with one attached hydrogen (secondary N) is 2. The lowest BCUT2D eigenvalue weighted by molar-refractivity contribution is 0.0698. The van der Waals surface area contributed by atoms with Crippen LogP contribution in [-0.4, -0.2) is 53.0 Å². The molecule has 0 unspecified atom stereocenters. The van der Waals surface area contributed by atoms with Gasteiger partial charge in [-0.1, -0.05) is 32.1 Å². The van der Waals surface area contributed by atoms with Crippen molar-refractivity contribution < 1.29 is 9.47 Å². The minimum Gasteiger partial charge on any atom is -0.382 e. The van der Waals surface area contributed by atoms with Gasteiger partial charge in [-0.15, -0.1) is 24.0 Å². The molecule has 0 amide bonds. The molecule has 0 heterocycles. The first-order valence-corrected chi connectivity index (χ1v) is 8.88. The Balaban J connectivity index is 0.00000484. The number of ether oxygens (including phenoxy) is 2. The first-order chi connectivity index (χ1) is 10.9. The zero-order valence-electron chi connectivity index (χ0n) is 14.9. The summed E-state index contributed by atoms with van der Waals surface area (Å²) in [4.78, 5) is 4.25. The molecule has 23 heavy (non-hydrogen) atoms. The molecule has 5 nitrogen and oxygen atoms in total. The van der Waals surface area contributed by atoms with Crippen molar-refractivity contribution in [2.45, 2.75) is 51.4 Å². The van der Waals surface area contributed by atoms with Crippen LogP contribution < -0.4 is 10.6 Å². The summed E-state index contributed by atoms with van der Waals surface area (Å²) in [6.45, 7) is 3.99. The lowest BCUT2D eigenvalue weighted by Crippen LogP contribution is -2.38. The van der Waals surface area contributed by atoms with Gasteiger partial charge in [-0.2, -0.15) is 0 Å². The molecule has 0 aromatic carbocycles. The van der Waals surface area contributed by atoms with Crippen molar-refractivity contribution in [2.75, 3.05) is 47.1 Å². The van der Waals surface area contributed by atoms with Crippen molar-refractivity contribution in [2.24, 2.45) is 10.9 Å². The molecule has 1 aliphatic rings. The number of hydrogen-bond acceptors (Lipinski definition) is 3. The van der Waals surface area contributed by atoms with Gasteiger partial charge in [0.05, 0.1) is 13.2 Å². The van der Waals surface area contributed by atoms with Gasteiger partial charge in [0.2, 0.25) is 0 Å². The van der Waals surface area contributed by atoms with E-state index in [-0.39, 0.29) is 24.0 Å². The van der Waals surface area contributed by atoms with Crippen LogP contribution in [0.5, 0.6) is 0 Å². The van der Waals surface area contributed by atoms with Crippen LogP contribution in [0.1, 0.15) is 51.4 Å². The highest BCUT2D eigenvalue weighted by Gasteiger charge is 2.12. The van der Waals surface area contributed by atoms with Crippen molar-refractivity contribution in [1.82, 2.24) is 10.6 Å². The summed E-state index contributed by atoms with van der Waals surface area (Å²) in [6.07, 6.45) is 10.8. The Morgan fingerprint density at radius 1 is 1.00 bits per heavy atom. The highest BCUT2D eigenvalue weighted by Crippen LogP contribution is 2.26. The van der Waals surface area contributed by atoms with E-state index in [0.29, 0.717) is 13.2 Å². The van der Waals surface area contributed by atoms with Crippen LogP contribution in [0.3, 0.4) is 0 Å². The van der Waals surface area contributed by atoms with Crippen LogP contribution >= 0.6 is 24.0 Å². The van der Waals surface area contributed by atoms with Crippen LogP contribution in [0.2, 0.25) is 0 Å². The Labute approximate surface area is 159 Å². The highest BCUT2D eigenvalue weighted by atomic mass is 127. The van der Waals surface area contributed by atoms with Gasteiger partial charge in [-0.05, 0) is 25.2 Å². The number of guanidine groups is 1. The average Bonchev–Trinajstić information content (AvgIpc) is 2.57. The van der Waals surface area contributed by atoms with Gasteiger partial charge in [0.15, 0.2) is 5.96 Å². The van der Waals surface area contributed by atoms with E-state index >= 15 is 0 Å². The third kappa shape index (κ3) is 12.9. The molecule has 0 aromatic heterocycles. The topological polar surface area (TPSA) is 54.9 Å². The Morgan fingerprint density at radius 2 is 1.70 bits per heavy atom. The van der Waals surface area contributed by atoms with Gasteiger partial charge in [-0.25, -0.2) is 0 Å². The van der Waals surface area contributed by atoms with E-state index in [9.17, 15) is 0 Å². The minimum atomic E-state index is 0. The molecule has 138 valence electrons. The quantitative estimate of drug-likeness (QED) is 0.224. The molecule has 0 saturated heterocycles. The average molecular weight is 441 g/mol. The van der Waals surface area contributed by atoms with Crippen molar-refractivity contribution in [3.05, 3.63) is 0 Å². The lowest BCUT2D eigenvalue weighted by atomic mass is 9.86. The molecule has 1 aliphatic carbocycles. The first kappa shape index (κ1) is 22.9. The normalized spacial score (nSPS) is 16.0. The summed E-state index contributed by atoms with van der Waals surface area (Å²) < 4.78 is 10.4. The molecule has 1 rings (SSSR count). The fraction of sp³-hybridized carbons (Fsp3) is 0.941. The Kier molecular flexibility index (Phi) is 16.7. The molecule has 1 saturated carbocycles. The van der Waals surface area contributed by atoms with Crippen molar-refractivity contribution in [3.63, 3.8) is 0 Å². The Morgan fingerprint density at radius 3 is 2.35 bits per heavy atom. The lowest BCUT2D eigenvalue weighted by Gasteiger charge is -2.21. The molecule has 1 fully saturated rings. The molecule has 0 spiro atoms. The standard InChI is InChI=1S/C17H35N3O2.HI/c1-18-17(20-12-7-13-22-15-14-21-2)19-11-6-10-16-8-4-3-5-9-16;/h16H,3-15H2,1-2H3,(H2,18,19,20);1H. The molecule has 0 bridgehead atoms. The summed E-state index contributed by atoms with van der Waals surface area (Å²) in [5.41, 5.74) is 0. The third-order valence-corrected chi connectivity index (χ3v) is 4.22. The van der Waals surface area contributed by atoms with Crippen LogP contribution in [0.4, 0.5) is 0 Å². The first-order valence-electron chi connectivity index (χ1n) is 8.88. The van der Waals surface area contributed by atoms with Gasteiger partial charge < -0.3 is 20.1 Å². The number of nitrogens with zero attached hydrogens (tertiary/aromatic N) is 1. The second-order valence-corrected chi connectivity index (χ2v) is 6.03. The SMILES string of the molecule is CN=C(NCCCOCCOC)NCCCC1CCCCC1.I. The largest absolute Gasteiger partial charge is 0.382 e. The van der Waals surface area contributed by atoms with E-state index in [4.69, 9.17) is 9.47 Å². The highest BCUT2D eigenvalue weighted by molar-refractivity contribution is 14.0. The van der Waals surface area contributed by atoms with Gasteiger partial charge in [0.1, 0.15) is 0 Å². The summed E-state index contributed by atoms with van der Waals surface area (Å²) in [5.74, 6) is 1.87. The number of hydrogen-bond donors (Lipinski definition) is 2. The van der Waals surface area contributed by atoms with Crippen LogP contribution in [0, 0.1) is 5.92 Å². The minimum absolute atomic E-state index is 0. The Hall–Kier alpha value is -0.0800. The summed E-state index contributed by atoms with van der Waals surface area (Å²) >= 11 is 0. The molecule has 6 heteroatoms. The molecule has 0 radical (unpaired) electrons. The number of methoxy groups -OCH3 is 1. The predicted molar refractivity (Wildman–Crippen MR) is 108 cm³/mol. The summed E-state index contributed by atoms with van der Waals surface area (Å²) in [6, 6.07) is 0. The maximum atomic E-state index is 5.43. The molecular formula is C17H36IN3O2. The molecule has 0 aliphatic heterocycles. The monoisotopic (exact) mass is 441 g/mol. The van der Waals surface area contributed by atoms with Crippen LogP contribution in [-0.2, 0) is 9.47 Å². The third-order valence-electron chi connectivity index (χ3n) is 4.22. The van der Waals surface area contributed by atoms with Crippen molar-refractivity contribution >= 4 is 29.9 Å². The van der Waals surface area contributed by atoms with E-state index in [1.165, 1.54) is 44.9 Å².